The summed E-state index contributed by atoms with van der Waals surface area (Å²) in [6, 6.07) is 6.20. The van der Waals surface area contributed by atoms with Crippen LogP contribution in [0.2, 0.25) is 0 Å². The highest BCUT2D eigenvalue weighted by Gasteiger charge is 2.37. The molecule has 3 rings (SSSR count). The van der Waals surface area contributed by atoms with Crippen LogP contribution in [0.4, 0.5) is 4.39 Å². The van der Waals surface area contributed by atoms with Crippen LogP contribution in [0.15, 0.2) is 24.3 Å². The molecule has 2 aliphatic heterocycles. The van der Waals surface area contributed by atoms with Crippen molar-refractivity contribution in [1.29, 1.82) is 0 Å². The first kappa shape index (κ1) is 12.6. The smallest absolute Gasteiger partial charge is 0.257 e. The Labute approximate surface area is 111 Å². The zero-order chi connectivity index (χ0) is 13.2. The largest absolute Gasteiger partial charge is 0.377 e. The zero-order valence-corrected chi connectivity index (χ0v) is 10.6. The predicted molar refractivity (Wildman–Crippen MR) is 68.5 cm³/mol. The van der Waals surface area contributed by atoms with Crippen LogP contribution in [0.1, 0.15) is 16.8 Å². The molecule has 2 unspecified atom stereocenters. The molecule has 1 aromatic carbocycles. The molecule has 19 heavy (non-hydrogen) atoms. The lowest BCUT2D eigenvalue weighted by atomic mass is 10.1. The van der Waals surface area contributed by atoms with Crippen LogP contribution in [0, 0.1) is 5.82 Å². The summed E-state index contributed by atoms with van der Waals surface area (Å²) in [4.78, 5) is 14.4. The molecule has 0 radical (unpaired) electrons. The standard InChI is InChI=1S/C14H17FN2O2/c15-13-4-2-1-3-12(13)14(18)17-10-5-6-16-7-11(17)9-19-8-10/h1-4,10-11,16H,5-9H2. The fourth-order valence-electron chi connectivity index (χ4n) is 2.82. The van der Waals surface area contributed by atoms with E-state index >= 15 is 0 Å². The highest BCUT2D eigenvalue weighted by atomic mass is 19.1. The maximum absolute atomic E-state index is 13.8. The number of rotatable bonds is 1. The quantitative estimate of drug-likeness (QED) is 0.823. The van der Waals surface area contributed by atoms with E-state index in [2.05, 4.69) is 5.32 Å². The molecule has 2 fully saturated rings. The number of amides is 1. The van der Waals surface area contributed by atoms with E-state index in [-0.39, 0.29) is 23.6 Å². The van der Waals surface area contributed by atoms with Gasteiger partial charge in [-0.2, -0.15) is 0 Å². The van der Waals surface area contributed by atoms with Gasteiger partial charge in [-0.1, -0.05) is 12.1 Å². The average molecular weight is 264 g/mol. The Balaban J connectivity index is 1.91. The number of ether oxygens (including phenoxy) is 1. The van der Waals surface area contributed by atoms with Crippen molar-refractivity contribution < 1.29 is 13.9 Å². The second-order valence-electron chi connectivity index (χ2n) is 5.03. The van der Waals surface area contributed by atoms with Crippen molar-refractivity contribution in [2.75, 3.05) is 26.3 Å². The normalized spacial score (nSPS) is 26.9. The van der Waals surface area contributed by atoms with Gasteiger partial charge in [0.05, 0.1) is 30.9 Å². The molecule has 2 bridgehead atoms. The van der Waals surface area contributed by atoms with Crippen LogP contribution in [0.25, 0.3) is 0 Å². The molecule has 5 heteroatoms. The summed E-state index contributed by atoms with van der Waals surface area (Å²) < 4.78 is 19.3. The van der Waals surface area contributed by atoms with Crippen molar-refractivity contribution >= 4 is 5.91 Å². The minimum Gasteiger partial charge on any atom is -0.377 e. The van der Waals surface area contributed by atoms with Crippen molar-refractivity contribution in [2.45, 2.75) is 18.5 Å². The monoisotopic (exact) mass is 264 g/mol. The summed E-state index contributed by atoms with van der Waals surface area (Å²) in [6.07, 6.45) is 0.844. The first-order chi connectivity index (χ1) is 9.27. The van der Waals surface area contributed by atoms with Crippen LogP contribution in [-0.2, 0) is 4.74 Å². The molecule has 1 N–H and O–H groups in total. The van der Waals surface area contributed by atoms with Gasteiger partial charge in [-0.05, 0) is 25.1 Å². The molecule has 0 spiro atoms. The van der Waals surface area contributed by atoms with E-state index in [1.165, 1.54) is 6.07 Å². The Hall–Kier alpha value is -1.46. The van der Waals surface area contributed by atoms with Crippen molar-refractivity contribution in [1.82, 2.24) is 10.2 Å². The number of carbonyl (C=O) groups excluding carboxylic acids is 1. The number of hydrogen-bond acceptors (Lipinski definition) is 3. The van der Waals surface area contributed by atoms with Crippen LogP contribution in [-0.4, -0.2) is 49.2 Å². The SMILES string of the molecule is O=C(c1ccccc1F)N1C2CCNCC1COC2. The number of nitrogens with one attached hydrogen (secondary N) is 1. The highest BCUT2D eigenvalue weighted by molar-refractivity contribution is 5.95. The van der Waals surface area contributed by atoms with Gasteiger partial charge < -0.3 is 15.0 Å². The highest BCUT2D eigenvalue weighted by Crippen LogP contribution is 2.22. The summed E-state index contributed by atoms with van der Waals surface area (Å²) in [5.41, 5.74) is 0.154. The first-order valence-electron chi connectivity index (χ1n) is 6.63. The van der Waals surface area contributed by atoms with Gasteiger partial charge in [-0.25, -0.2) is 4.39 Å². The van der Waals surface area contributed by atoms with E-state index in [4.69, 9.17) is 4.74 Å². The minimum absolute atomic E-state index is 0.00615. The fourth-order valence-corrected chi connectivity index (χ4v) is 2.82. The van der Waals surface area contributed by atoms with Crippen LogP contribution < -0.4 is 5.32 Å². The summed E-state index contributed by atoms with van der Waals surface area (Å²) in [5, 5.41) is 3.30. The Bertz CT molecular complexity index is 466. The number of morpholine rings is 1. The zero-order valence-electron chi connectivity index (χ0n) is 10.6. The molecule has 0 aromatic heterocycles. The van der Waals surface area contributed by atoms with Gasteiger partial charge in [0.2, 0.25) is 0 Å². The summed E-state index contributed by atoms with van der Waals surface area (Å²) in [6.45, 7) is 2.63. The van der Waals surface area contributed by atoms with Crippen molar-refractivity contribution in [3.63, 3.8) is 0 Å². The van der Waals surface area contributed by atoms with Gasteiger partial charge in [0.25, 0.3) is 5.91 Å². The van der Waals surface area contributed by atoms with E-state index in [1.54, 1.807) is 18.2 Å². The van der Waals surface area contributed by atoms with E-state index in [0.717, 1.165) is 13.0 Å². The summed E-state index contributed by atoms with van der Waals surface area (Å²) >= 11 is 0. The summed E-state index contributed by atoms with van der Waals surface area (Å²) in [5.74, 6) is -0.677. The van der Waals surface area contributed by atoms with Gasteiger partial charge >= 0.3 is 0 Å². The van der Waals surface area contributed by atoms with Crippen molar-refractivity contribution in [3.05, 3.63) is 35.6 Å². The van der Waals surface area contributed by atoms with Crippen LogP contribution in [0.5, 0.6) is 0 Å². The minimum atomic E-state index is -0.455. The second-order valence-corrected chi connectivity index (χ2v) is 5.03. The van der Waals surface area contributed by atoms with Gasteiger partial charge in [0.1, 0.15) is 5.82 Å². The number of benzene rings is 1. The number of hydrogen-bond donors (Lipinski definition) is 1. The Kier molecular flexibility index (Phi) is 3.48. The first-order valence-corrected chi connectivity index (χ1v) is 6.63. The van der Waals surface area contributed by atoms with Crippen LogP contribution >= 0.6 is 0 Å². The third-order valence-electron chi connectivity index (χ3n) is 3.78. The van der Waals surface area contributed by atoms with E-state index in [0.29, 0.717) is 19.8 Å². The molecule has 2 heterocycles. The van der Waals surface area contributed by atoms with E-state index < -0.39 is 5.82 Å². The van der Waals surface area contributed by atoms with Gasteiger partial charge in [0.15, 0.2) is 0 Å². The third-order valence-corrected chi connectivity index (χ3v) is 3.78. The van der Waals surface area contributed by atoms with Gasteiger partial charge in [-0.3, -0.25) is 4.79 Å². The molecule has 0 saturated carbocycles. The Morgan fingerprint density at radius 1 is 1.32 bits per heavy atom. The molecule has 2 atom stereocenters. The molecular formula is C14H17FN2O2. The fraction of sp³-hybridized carbons (Fsp3) is 0.500. The molecule has 2 aliphatic rings. The molecule has 0 aliphatic carbocycles. The van der Waals surface area contributed by atoms with E-state index in [1.807, 2.05) is 4.90 Å². The molecule has 1 aromatic rings. The molecule has 1 amide bonds. The topological polar surface area (TPSA) is 41.6 Å². The number of halogens is 1. The van der Waals surface area contributed by atoms with Crippen molar-refractivity contribution in [3.8, 4) is 0 Å². The maximum atomic E-state index is 13.8. The number of nitrogens with zero attached hydrogens (tertiary/aromatic N) is 1. The lowest BCUT2D eigenvalue weighted by Crippen LogP contribution is -2.55. The molecule has 102 valence electrons. The average Bonchev–Trinajstić information content (AvgIpc) is 2.54. The van der Waals surface area contributed by atoms with Gasteiger partial charge in [-0.15, -0.1) is 0 Å². The van der Waals surface area contributed by atoms with Gasteiger partial charge in [0, 0.05) is 6.54 Å². The predicted octanol–water partition coefficient (Wildman–Crippen LogP) is 1.03. The third kappa shape index (κ3) is 2.35. The molecule has 2 saturated heterocycles. The lowest BCUT2D eigenvalue weighted by molar-refractivity contribution is -0.0299. The Morgan fingerprint density at radius 3 is 2.95 bits per heavy atom. The number of carbonyl (C=O) groups is 1. The molecular weight excluding hydrogens is 247 g/mol. The van der Waals surface area contributed by atoms with Crippen molar-refractivity contribution in [2.24, 2.45) is 0 Å². The second kappa shape index (κ2) is 5.27. The lowest BCUT2D eigenvalue weighted by Gasteiger charge is -2.40. The maximum Gasteiger partial charge on any atom is 0.257 e. The van der Waals surface area contributed by atoms with E-state index in [9.17, 15) is 9.18 Å². The van der Waals surface area contributed by atoms with Crippen LogP contribution in [0.3, 0.4) is 0 Å². The summed E-state index contributed by atoms with van der Waals surface area (Å²) in [7, 11) is 0. The molecule has 4 nitrogen and oxygen atoms in total. The Morgan fingerprint density at radius 2 is 2.11 bits per heavy atom. The number of fused-ring (bicyclic) bond motifs is 2.